The van der Waals surface area contributed by atoms with E-state index in [-0.39, 0.29) is 0 Å². The second-order valence-electron chi connectivity index (χ2n) is 4.99. The Kier molecular flexibility index (Phi) is 3.90. The molecule has 0 saturated heterocycles. The maximum atomic E-state index is 3.51. The third-order valence-electron chi connectivity index (χ3n) is 3.58. The lowest BCUT2D eigenvalue weighted by atomic mass is 10.2. The fraction of sp³-hybridized carbons (Fsp3) is 0.176. The van der Waals surface area contributed by atoms with Gasteiger partial charge in [0, 0.05) is 35.8 Å². The summed E-state index contributed by atoms with van der Waals surface area (Å²) >= 11 is 3.50. The highest BCUT2D eigenvalue weighted by molar-refractivity contribution is 9.10. The number of hydrogen-bond acceptors (Lipinski definition) is 1. The van der Waals surface area contributed by atoms with E-state index in [0.717, 1.165) is 17.6 Å². The van der Waals surface area contributed by atoms with Crippen molar-refractivity contribution in [3.63, 3.8) is 0 Å². The van der Waals surface area contributed by atoms with Crippen molar-refractivity contribution in [2.24, 2.45) is 7.05 Å². The molecule has 1 aromatic heterocycles. The first-order chi connectivity index (χ1) is 9.74. The molecule has 0 aliphatic heterocycles. The number of aromatic nitrogens is 1. The van der Waals surface area contributed by atoms with Gasteiger partial charge in [0.25, 0.3) is 0 Å². The topological polar surface area (TPSA) is 17.0 Å². The number of aryl methyl sites for hydroxylation is 1. The lowest BCUT2D eigenvalue weighted by molar-refractivity contribution is 0.660. The molecule has 0 atom stereocenters. The van der Waals surface area contributed by atoms with Gasteiger partial charge in [-0.1, -0.05) is 46.3 Å². The fourth-order valence-electron chi connectivity index (χ4n) is 2.50. The van der Waals surface area contributed by atoms with Crippen LogP contribution in [-0.4, -0.2) is 4.57 Å². The highest BCUT2D eigenvalue weighted by Crippen LogP contribution is 2.18. The maximum absolute atomic E-state index is 3.51. The van der Waals surface area contributed by atoms with Gasteiger partial charge in [-0.3, -0.25) is 0 Å². The SMILES string of the molecule is Cn1c(CNCc2cccc(Br)c2)cc2ccccc21. The molecular formula is C17H17BrN2. The van der Waals surface area contributed by atoms with Crippen LogP contribution in [-0.2, 0) is 20.1 Å². The van der Waals surface area contributed by atoms with E-state index in [4.69, 9.17) is 0 Å². The summed E-state index contributed by atoms with van der Waals surface area (Å²) in [5.41, 5.74) is 3.88. The number of nitrogens with one attached hydrogen (secondary N) is 1. The van der Waals surface area contributed by atoms with Gasteiger partial charge in [-0.15, -0.1) is 0 Å². The molecule has 0 unspecified atom stereocenters. The molecule has 102 valence electrons. The first kappa shape index (κ1) is 13.4. The zero-order valence-electron chi connectivity index (χ0n) is 11.4. The molecule has 1 N–H and O–H groups in total. The molecule has 3 heteroatoms. The van der Waals surface area contributed by atoms with E-state index < -0.39 is 0 Å². The summed E-state index contributed by atoms with van der Waals surface area (Å²) in [6.07, 6.45) is 0. The molecule has 3 rings (SSSR count). The number of halogens is 1. The second kappa shape index (κ2) is 5.81. The van der Waals surface area contributed by atoms with Crippen LogP contribution in [0.2, 0.25) is 0 Å². The summed E-state index contributed by atoms with van der Waals surface area (Å²) in [5, 5.41) is 4.81. The summed E-state index contributed by atoms with van der Waals surface area (Å²) in [6, 6.07) is 19.1. The highest BCUT2D eigenvalue weighted by Gasteiger charge is 2.04. The molecule has 2 nitrogen and oxygen atoms in total. The van der Waals surface area contributed by atoms with Gasteiger partial charge < -0.3 is 9.88 Å². The van der Waals surface area contributed by atoms with Crippen LogP contribution >= 0.6 is 15.9 Å². The average Bonchev–Trinajstić information content (AvgIpc) is 2.76. The monoisotopic (exact) mass is 328 g/mol. The van der Waals surface area contributed by atoms with Crippen molar-refractivity contribution >= 4 is 26.8 Å². The first-order valence-corrected chi connectivity index (χ1v) is 7.52. The Morgan fingerprint density at radius 2 is 1.85 bits per heavy atom. The Morgan fingerprint density at radius 3 is 2.65 bits per heavy atom. The predicted octanol–water partition coefficient (Wildman–Crippen LogP) is 4.23. The lowest BCUT2D eigenvalue weighted by Gasteiger charge is -2.07. The van der Waals surface area contributed by atoms with Gasteiger partial charge in [-0.05, 0) is 35.2 Å². The molecule has 0 saturated carbocycles. The van der Waals surface area contributed by atoms with Gasteiger partial charge >= 0.3 is 0 Å². The molecule has 0 amide bonds. The third kappa shape index (κ3) is 2.79. The van der Waals surface area contributed by atoms with E-state index in [1.165, 1.54) is 22.2 Å². The Labute approximate surface area is 127 Å². The summed E-state index contributed by atoms with van der Waals surface area (Å²) in [6.45, 7) is 1.75. The molecule has 0 fully saturated rings. The fourth-order valence-corrected chi connectivity index (χ4v) is 2.94. The Hall–Kier alpha value is -1.58. The summed E-state index contributed by atoms with van der Waals surface area (Å²) in [4.78, 5) is 0. The van der Waals surface area contributed by atoms with Gasteiger partial charge in [0.15, 0.2) is 0 Å². The number of nitrogens with zero attached hydrogens (tertiary/aromatic N) is 1. The molecule has 0 bridgehead atoms. The molecule has 2 aromatic carbocycles. The minimum atomic E-state index is 0.873. The van der Waals surface area contributed by atoms with Gasteiger partial charge in [0.1, 0.15) is 0 Å². The van der Waals surface area contributed by atoms with E-state index in [9.17, 15) is 0 Å². The number of rotatable bonds is 4. The third-order valence-corrected chi connectivity index (χ3v) is 4.07. The van der Waals surface area contributed by atoms with Crippen LogP contribution in [0.25, 0.3) is 10.9 Å². The maximum Gasteiger partial charge on any atom is 0.0480 e. The normalized spacial score (nSPS) is 11.1. The molecule has 0 aliphatic rings. The van der Waals surface area contributed by atoms with Crippen molar-refractivity contribution in [3.8, 4) is 0 Å². The van der Waals surface area contributed by atoms with Crippen molar-refractivity contribution in [1.29, 1.82) is 0 Å². The second-order valence-corrected chi connectivity index (χ2v) is 5.90. The predicted molar refractivity (Wildman–Crippen MR) is 87.6 cm³/mol. The van der Waals surface area contributed by atoms with Crippen molar-refractivity contribution in [2.45, 2.75) is 13.1 Å². The van der Waals surface area contributed by atoms with Crippen LogP contribution in [0.1, 0.15) is 11.3 Å². The van der Waals surface area contributed by atoms with Gasteiger partial charge in [0.2, 0.25) is 0 Å². The van der Waals surface area contributed by atoms with Crippen molar-refractivity contribution < 1.29 is 0 Å². The number of hydrogen-bond donors (Lipinski definition) is 1. The van der Waals surface area contributed by atoms with Crippen LogP contribution in [0, 0.1) is 0 Å². The number of benzene rings is 2. The largest absolute Gasteiger partial charge is 0.346 e. The van der Waals surface area contributed by atoms with E-state index in [0.29, 0.717) is 0 Å². The van der Waals surface area contributed by atoms with Crippen LogP contribution in [0.15, 0.2) is 59.1 Å². The molecular weight excluding hydrogens is 312 g/mol. The van der Waals surface area contributed by atoms with E-state index >= 15 is 0 Å². The van der Waals surface area contributed by atoms with Crippen LogP contribution in [0.4, 0.5) is 0 Å². The van der Waals surface area contributed by atoms with Crippen LogP contribution in [0.3, 0.4) is 0 Å². The molecule has 3 aromatic rings. The molecule has 0 spiro atoms. The Morgan fingerprint density at radius 1 is 1.00 bits per heavy atom. The first-order valence-electron chi connectivity index (χ1n) is 6.72. The average molecular weight is 329 g/mol. The van der Waals surface area contributed by atoms with E-state index in [1.54, 1.807) is 0 Å². The van der Waals surface area contributed by atoms with E-state index in [2.05, 4.69) is 81.4 Å². The van der Waals surface area contributed by atoms with Crippen LogP contribution in [0.5, 0.6) is 0 Å². The van der Waals surface area contributed by atoms with Crippen molar-refractivity contribution in [1.82, 2.24) is 9.88 Å². The Bertz CT molecular complexity index is 731. The molecule has 1 heterocycles. The lowest BCUT2D eigenvalue weighted by Crippen LogP contribution is -2.14. The highest BCUT2D eigenvalue weighted by atomic mass is 79.9. The Balaban J connectivity index is 1.69. The minimum absolute atomic E-state index is 0.873. The van der Waals surface area contributed by atoms with Gasteiger partial charge in [-0.2, -0.15) is 0 Å². The number of fused-ring (bicyclic) bond motifs is 1. The summed E-state index contributed by atoms with van der Waals surface area (Å²) < 4.78 is 3.38. The quantitative estimate of drug-likeness (QED) is 0.758. The molecule has 0 radical (unpaired) electrons. The van der Waals surface area contributed by atoms with Gasteiger partial charge in [0.05, 0.1) is 0 Å². The smallest absolute Gasteiger partial charge is 0.0480 e. The number of para-hydroxylation sites is 1. The molecule has 0 aliphatic carbocycles. The van der Waals surface area contributed by atoms with Crippen molar-refractivity contribution in [2.75, 3.05) is 0 Å². The van der Waals surface area contributed by atoms with Gasteiger partial charge in [-0.25, -0.2) is 0 Å². The van der Waals surface area contributed by atoms with E-state index in [1.807, 2.05) is 6.07 Å². The zero-order chi connectivity index (χ0) is 13.9. The molecule has 20 heavy (non-hydrogen) atoms. The zero-order valence-corrected chi connectivity index (χ0v) is 13.0. The summed E-state index contributed by atoms with van der Waals surface area (Å²) in [7, 11) is 2.12. The summed E-state index contributed by atoms with van der Waals surface area (Å²) in [5.74, 6) is 0. The standard InChI is InChI=1S/C17H17BrN2/c1-20-16(10-14-6-2-3-8-17(14)20)12-19-11-13-5-4-7-15(18)9-13/h2-10,19H,11-12H2,1H3. The minimum Gasteiger partial charge on any atom is -0.346 e. The van der Waals surface area contributed by atoms with Crippen molar-refractivity contribution in [3.05, 3.63) is 70.3 Å². The van der Waals surface area contributed by atoms with Crippen LogP contribution < -0.4 is 5.32 Å².